The molecule has 0 bridgehead atoms. The van der Waals surface area contributed by atoms with Crippen molar-refractivity contribution in [2.24, 2.45) is 0 Å². The van der Waals surface area contributed by atoms with Gasteiger partial charge >= 0.3 is 0 Å². The smallest absolute Gasteiger partial charge is 0.255 e. The summed E-state index contributed by atoms with van der Waals surface area (Å²) in [4.78, 5) is 21.8. The number of aromatic nitrogens is 1. The number of halogens is 1. The molecule has 29 heavy (non-hydrogen) atoms. The molecule has 0 saturated carbocycles. The van der Waals surface area contributed by atoms with E-state index < -0.39 is 0 Å². The quantitative estimate of drug-likeness (QED) is 0.648. The van der Waals surface area contributed by atoms with Crippen molar-refractivity contribution < 1.29 is 9.53 Å². The van der Waals surface area contributed by atoms with E-state index in [0.717, 1.165) is 48.1 Å². The number of hydrogen-bond acceptors (Lipinski definition) is 6. The Labute approximate surface area is 179 Å². The predicted molar refractivity (Wildman–Crippen MR) is 119 cm³/mol. The maximum absolute atomic E-state index is 12.4. The highest BCUT2D eigenvalue weighted by Crippen LogP contribution is 2.33. The van der Waals surface area contributed by atoms with E-state index in [1.165, 1.54) is 0 Å². The van der Waals surface area contributed by atoms with Crippen molar-refractivity contribution in [2.75, 3.05) is 51.3 Å². The minimum atomic E-state index is -0.104. The number of ether oxygens (including phenoxy) is 1. The van der Waals surface area contributed by atoms with Crippen molar-refractivity contribution in [1.29, 1.82) is 0 Å². The maximum atomic E-state index is 12.4. The number of methoxy groups -OCH3 is 1. The minimum absolute atomic E-state index is 0.104. The minimum Gasteiger partial charge on any atom is -0.496 e. The Bertz CT molecular complexity index is 1000. The molecule has 0 radical (unpaired) electrons. The fourth-order valence-electron chi connectivity index (χ4n) is 3.46. The lowest BCUT2D eigenvalue weighted by molar-refractivity contribution is 0.0945. The van der Waals surface area contributed by atoms with Crippen LogP contribution < -0.4 is 15.0 Å². The van der Waals surface area contributed by atoms with Crippen LogP contribution in [0.25, 0.3) is 10.2 Å². The van der Waals surface area contributed by atoms with Crippen molar-refractivity contribution in [3.8, 4) is 5.75 Å². The van der Waals surface area contributed by atoms with Gasteiger partial charge in [-0.05, 0) is 24.3 Å². The summed E-state index contributed by atoms with van der Waals surface area (Å²) in [7, 11) is 1.57. The van der Waals surface area contributed by atoms with Gasteiger partial charge in [0.25, 0.3) is 5.91 Å². The third kappa shape index (κ3) is 4.47. The zero-order valence-corrected chi connectivity index (χ0v) is 17.8. The van der Waals surface area contributed by atoms with Gasteiger partial charge in [-0.1, -0.05) is 41.1 Å². The predicted octanol–water partition coefficient (Wildman–Crippen LogP) is 3.51. The largest absolute Gasteiger partial charge is 0.496 e. The molecule has 0 atom stereocenters. The average Bonchev–Trinajstić information content (AvgIpc) is 3.20. The number of hydrogen-bond donors (Lipinski definition) is 1. The highest BCUT2D eigenvalue weighted by atomic mass is 35.5. The summed E-state index contributed by atoms with van der Waals surface area (Å²) in [6.45, 7) is 5.13. The van der Waals surface area contributed by atoms with Crippen molar-refractivity contribution in [3.63, 3.8) is 0 Å². The van der Waals surface area contributed by atoms with Crippen LogP contribution >= 0.6 is 22.9 Å². The van der Waals surface area contributed by atoms with Crippen LogP contribution in [0.2, 0.25) is 5.02 Å². The monoisotopic (exact) mass is 430 g/mol. The third-order valence-corrected chi connectivity index (χ3v) is 6.45. The van der Waals surface area contributed by atoms with Gasteiger partial charge in [0.15, 0.2) is 5.13 Å². The van der Waals surface area contributed by atoms with Gasteiger partial charge in [-0.25, -0.2) is 4.98 Å². The van der Waals surface area contributed by atoms with Crippen LogP contribution in [-0.4, -0.2) is 62.2 Å². The van der Waals surface area contributed by atoms with Gasteiger partial charge in [-0.2, -0.15) is 0 Å². The van der Waals surface area contributed by atoms with Crippen LogP contribution in [0.5, 0.6) is 5.75 Å². The fraction of sp³-hybridized carbons (Fsp3) is 0.333. The van der Waals surface area contributed by atoms with Crippen molar-refractivity contribution in [2.45, 2.75) is 0 Å². The number of para-hydroxylation sites is 2. The van der Waals surface area contributed by atoms with Crippen LogP contribution in [0.1, 0.15) is 10.4 Å². The number of fused-ring (bicyclic) bond motifs is 1. The molecule has 0 aliphatic carbocycles. The number of benzene rings is 2. The topological polar surface area (TPSA) is 57.7 Å². The summed E-state index contributed by atoms with van der Waals surface area (Å²) in [6, 6.07) is 13.2. The van der Waals surface area contributed by atoms with Crippen LogP contribution in [0.4, 0.5) is 5.13 Å². The summed E-state index contributed by atoms with van der Waals surface area (Å²) < 4.78 is 6.38. The maximum Gasteiger partial charge on any atom is 0.255 e. The summed E-state index contributed by atoms with van der Waals surface area (Å²) >= 11 is 7.94. The SMILES string of the molecule is COc1ccccc1C(=O)NCCN1CCN(c2nc3c(Cl)cccc3s2)CC1. The van der Waals surface area contributed by atoms with E-state index in [2.05, 4.69) is 21.2 Å². The molecule has 152 valence electrons. The summed E-state index contributed by atoms with van der Waals surface area (Å²) in [5, 5.41) is 4.72. The number of rotatable bonds is 6. The lowest BCUT2D eigenvalue weighted by Crippen LogP contribution is -2.48. The van der Waals surface area contributed by atoms with Gasteiger partial charge in [-0.15, -0.1) is 0 Å². The molecule has 2 heterocycles. The van der Waals surface area contributed by atoms with Crippen LogP contribution in [0, 0.1) is 0 Å². The number of amides is 1. The van der Waals surface area contributed by atoms with Gasteiger partial charge in [0.2, 0.25) is 0 Å². The number of nitrogens with zero attached hydrogens (tertiary/aromatic N) is 3. The van der Waals surface area contributed by atoms with Gasteiger partial charge in [0, 0.05) is 39.3 Å². The Hall–Kier alpha value is -2.35. The zero-order chi connectivity index (χ0) is 20.2. The molecule has 2 aromatic carbocycles. The van der Waals surface area contributed by atoms with Crippen molar-refractivity contribution in [3.05, 3.63) is 53.1 Å². The first-order valence-electron chi connectivity index (χ1n) is 9.59. The first-order valence-corrected chi connectivity index (χ1v) is 10.8. The standard InChI is InChI=1S/C21H23ClN4O2S/c1-28-17-7-3-2-5-15(17)20(27)23-9-10-25-11-13-26(14-12-25)21-24-19-16(22)6-4-8-18(19)29-21/h2-8H,9-14H2,1H3,(H,23,27). The summed E-state index contributed by atoms with van der Waals surface area (Å²) in [6.07, 6.45) is 0. The number of piperazine rings is 1. The molecule has 1 N–H and O–H groups in total. The second-order valence-electron chi connectivity index (χ2n) is 6.87. The second-order valence-corrected chi connectivity index (χ2v) is 8.28. The normalized spacial score (nSPS) is 14.9. The average molecular weight is 431 g/mol. The number of thiazole rings is 1. The Morgan fingerprint density at radius 2 is 1.97 bits per heavy atom. The first-order chi connectivity index (χ1) is 14.2. The van der Waals surface area contributed by atoms with Crippen LogP contribution in [0.3, 0.4) is 0 Å². The summed E-state index contributed by atoms with van der Waals surface area (Å²) in [5.41, 5.74) is 1.45. The molecule has 6 nitrogen and oxygen atoms in total. The van der Waals surface area contributed by atoms with Crippen LogP contribution in [0.15, 0.2) is 42.5 Å². The molecule has 8 heteroatoms. The molecule has 1 saturated heterocycles. The lowest BCUT2D eigenvalue weighted by Gasteiger charge is -2.34. The Morgan fingerprint density at radius 3 is 2.72 bits per heavy atom. The highest BCUT2D eigenvalue weighted by Gasteiger charge is 2.20. The van der Waals surface area contributed by atoms with E-state index in [1.54, 1.807) is 30.6 Å². The number of carbonyl (C=O) groups excluding carboxylic acids is 1. The number of anilines is 1. The van der Waals surface area contributed by atoms with Crippen molar-refractivity contribution in [1.82, 2.24) is 15.2 Å². The van der Waals surface area contributed by atoms with Gasteiger partial charge in [0.1, 0.15) is 11.3 Å². The Kier molecular flexibility index (Phi) is 6.18. The van der Waals surface area contributed by atoms with E-state index in [-0.39, 0.29) is 5.91 Å². The van der Waals surface area contributed by atoms with E-state index >= 15 is 0 Å². The fourth-order valence-corrected chi connectivity index (χ4v) is 4.77. The molecule has 0 unspecified atom stereocenters. The molecule has 3 aromatic rings. The summed E-state index contributed by atoms with van der Waals surface area (Å²) in [5.74, 6) is 0.488. The molecule has 1 amide bonds. The molecule has 1 aliphatic heterocycles. The highest BCUT2D eigenvalue weighted by molar-refractivity contribution is 7.22. The molecule has 1 fully saturated rings. The van der Waals surface area contributed by atoms with Gasteiger partial charge in [0.05, 0.1) is 22.4 Å². The molecule has 1 aromatic heterocycles. The number of nitrogens with one attached hydrogen (secondary N) is 1. The first kappa shape index (κ1) is 19.9. The molecular weight excluding hydrogens is 408 g/mol. The zero-order valence-electron chi connectivity index (χ0n) is 16.2. The number of carbonyl (C=O) groups is 1. The molecule has 1 aliphatic rings. The van der Waals surface area contributed by atoms with E-state index in [0.29, 0.717) is 22.9 Å². The van der Waals surface area contributed by atoms with Gasteiger partial charge < -0.3 is 15.0 Å². The Balaban J connectivity index is 1.27. The van der Waals surface area contributed by atoms with Crippen molar-refractivity contribution >= 4 is 44.2 Å². The molecular formula is C21H23ClN4O2S. The molecule has 4 rings (SSSR count). The lowest BCUT2D eigenvalue weighted by atomic mass is 10.2. The Morgan fingerprint density at radius 1 is 1.17 bits per heavy atom. The van der Waals surface area contributed by atoms with Crippen LogP contribution in [-0.2, 0) is 0 Å². The van der Waals surface area contributed by atoms with E-state index in [9.17, 15) is 4.79 Å². The third-order valence-electron chi connectivity index (χ3n) is 5.07. The van der Waals surface area contributed by atoms with E-state index in [4.69, 9.17) is 21.3 Å². The van der Waals surface area contributed by atoms with Gasteiger partial charge in [-0.3, -0.25) is 9.69 Å². The second kappa shape index (κ2) is 8.98. The molecule has 0 spiro atoms. The van der Waals surface area contributed by atoms with E-state index in [1.807, 2.05) is 24.3 Å².